The summed E-state index contributed by atoms with van der Waals surface area (Å²) >= 11 is 2.74. The minimum Gasteiger partial charge on any atom is -0.369 e. The second-order valence-electron chi connectivity index (χ2n) is 6.09. The van der Waals surface area contributed by atoms with E-state index in [0.717, 1.165) is 5.56 Å². The Balaban J connectivity index is 2.03. The SMILES string of the molecule is O=C(CC1=C(S(=O)(=O)C(F)(F)F)CCCN1Cc1ccsc1)c1ccsc1. The Hall–Kier alpha value is -1.65. The molecule has 0 fully saturated rings. The molecule has 0 saturated heterocycles. The van der Waals surface area contributed by atoms with Gasteiger partial charge in [0.15, 0.2) is 5.78 Å². The molecule has 0 aliphatic carbocycles. The monoisotopic (exact) mass is 435 g/mol. The van der Waals surface area contributed by atoms with Crippen LogP contribution in [0.25, 0.3) is 0 Å². The Kier molecular flexibility index (Phi) is 5.78. The molecule has 10 heteroatoms. The lowest BCUT2D eigenvalue weighted by molar-refractivity contribution is -0.0429. The van der Waals surface area contributed by atoms with E-state index in [1.807, 2.05) is 16.8 Å². The molecule has 0 aromatic carbocycles. The van der Waals surface area contributed by atoms with Gasteiger partial charge in [0.2, 0.25) is 0 Å². The predicted octanol–water partition coefficient (Wildman–Crippen LogP) is 4.82. The summed E-state index contributed by atoms with van der Waals surface area (Å²) in [6.45, 7) is 0.672. The van der Waals surface area contributed by atoms with Gasteiger partial charge in [-0.15, -0.1) is 0 Å². The third-order valence-electron chi connectivity index (χ3n) is 4.29. The Bertz CT molecular complexity index is 930. The number of carbonyl (C=O) groups excluding carboxylic acids is 1. The summed E-state index contributed by atoms with van der Waals surface area (Å²) in [5, 5.41) is 6.99. The van der Waals surface area contributed by atoms with Crippen molar-refractivity contribution in [1.29, 1.82) is 0 Å². The molecule has 2 aromatic rings. The summed E-state index contributed by atoms with van der Waals surface area (Å²) in [4.78, 5) is 13.4. The second kappa shape index (κ2) is 7.76. The molecule has 146 valence electrons. The smallest absolute Gasteiger partial charge is 0.369 e. The van der Waals surface area contributed by atoms with Crippen LogP contribution in [0.3, 0.4) is 0 Å². The topological polar surface area (TPSA) is 54.5 Å². The average Bonchev–Trinajstić information content (AvgIpc) is 3.28. The van der Waals surface area contributed by atoms with Crippen LogP contribution in [-0.2, 0) is 16.4 Å². The molecule has 27 heavy (non-hydrogen) atoms. The highest BCUT2D eigenvalue weighted by molar-refractivity contribution is 7.96. The Morgan fingerprint density at radius 3 is 2.44 bits per heavy atom. The van der Waals surface area contributed by atoms with Crippen LogP contribution in [0.1, 0.15) is 35.2 Å². The van der Waals surface area contributed by atoms with Crippen LogP contribution >= 0.6 is 22.7 Å². The van der Waals surface area contributed by atoms with Gasteiger partial charge in [0.05, 0.1) is 11.3 Å². The largest absolute Gasteiger partial charge is 0.501 e. The van der Waals surface area contributed by atoms with Crippen molar-refractivity contribution in [3.63, 3.8) is 0 Å². The molecule has 0 radical (unpaired) electrons. The first-order valence-corrected chi connectivity index (χ1v) is 11.4. The zero-order valence-corrected chi connectivity index (χ0v) is 16.5. The third-order valence-corrected chi connectivity index (χ3v) is 7.40. The molecule has 3 heterocycles. The van der Waals surface area contributed by atoms with Gasteiger partial charge in [0.1, 0.15) is 0 Å². The average molecular weight is 436 g/mol. The van der Waals surface area contributed by atoms with Gasteiger partial charge < -0.3 is 4.90 Å². The van der Waals surface area contributed by atoms with Crippen LogP contribution in [0.2, 0.25) is 0 Å². The number of thiophene rings is 2. The van der Waals surface area contributed by atoms with Gasteiger partial charge in [-0.1, -0.05) is 0 Å². The van der Waals surface area contributed by atoms with E-state index >= 15 is 0 Å². The fraction of sp³-hybridized carbons (Fsp3) is 0.353. The number of sulfone groups is 1. The van der Waals surface area contributed by atoms with E-state index in [-0.39, 0.29) is 31.5 Å². The molecule has 1 aliphatic heterocycles. The van der Waals surface area contributed by atoms with Crippen molar-refractivity contribution in [1.82, 2.24) is 4.90 Å². The summed E-state index contributed by atoms with van der Waals surface area (Å²) in [6.07, 6.45) is -0.301. The van der Waals surface area contributed by atoms with E-state index in [1.165, 1.54) is 22.7 Å². The first-order valence-electron chi connectivity index (χ1n) is 8.05. The zero-order chi connectivity index (χ0) is 19.7. The Labute approximate surface area is 162 Å². The number of carbonyl (C=O) groups is 1. The molecule has 1 aliphatic rings. The van der Waals surface area contributed by atoms with Crippen LogP contribution in [0.5, 0.6) is 0 Å². The maximum atomic E-state index is 13.2. The van der Waals surface area contributed by atoms with Crippen LogP contribution in [0, 0.1) is 0 Å². The van der Waals surface area contributed by atoms with E-state index in [2.05, 4.69) is 0 Å². The lowest BCUT2D eigenvalue weighted by atomic mass is 10.0. The second-order valence-corrected chi connectivity index (χ2v) is 9.61. The fourth-order valence-corrected chi connectivity index (χ4v) is 5.50. The van der Waals surface area contributed by atoms with E-state index in [9.17, 15) is 26.4 Å². The zero-order valence-electron chi connectivity index (χ0n) is 14.0. The number of halogens is 3. The van der Waals surface area contributed by atoms with Gasteiger partial charge in [0.25, 0.3) is 9.84 Å². The number of ketones is 1. The van der Waals surface area contributed by atoms with E-state index in [4.69, 9.17) is 0 Å². The lowest BCUT2D eigenvalue weighted by Crippen LogP contribution is -2.35. The van der Waals surface area contributed by atoms with Crippen molar-refractivity contribution in [3.8, 4) is 0 Å². The number of alkyl halides is 3. The molecule has 0 atom stereocenters. The summed E-state index contributed by atoms with van der Waals surface area (Å²) in [7, 11) is -5.48. The van der Waals surface area contributed by atoms with Crippen molar-refractivity contribution in [2.75, 3.05) is 6.54 Å². The van der Waals surface area contributed by atoms with Gasteiger partial charge in [0, 0.05) is 29.7 Å². The summed E-state index contributed by atoms with van der Waals surface area (Å²) < 4.78 is 63.8. The molecule has 0 unspecified atom stereocenters. The number of hydrogen-bond acceptors (Lipinski definition) is 6. The van der Waals surface area contributed by atoms with Gasteiger partial charge in [-0.3, -0.25) is 4.79 Å². The quantitative estimate of drug-likeness (QED) is 0.610. The maximum Gasteiger partial charge on any atom is 0.501 e. The molecule has 0 amide bonds. The molecule has 2 aromatic heterocycles. The van der Waals surface area contributed by atoms with E-state index in [1.54, 1.807) is 21.7 Å². The molecular formula is C17H16F3NO3S3. The van der Waals surface area contributed by atoms with Gasteiger partial charge >= 0.3 is 5.51 Å². The van der Waals surface area contributed by atoms with Crippen molar-refractivity contribution < 1.29 is 26.4 Å². The minimum atomic E-state index is -5.48. The molecule has 0 saturated carbocycles. The van der Waals surface area contributed by atoms with Crippen LogP contribution in [0.4, 0.5) is 13.2 Å². The van der Waals surface area contributed by atoms with Gasteiger partial charge in [-0.05, 0) is 46.7 Å². The number of hydrogen-bond donors (Lipinski definition) is 0. The molecular weight excluding hydrogens is 419 g/mol. The molecule has 0 bridgehead atoms. The first kappa shape index (κ1) is 20.1. The molecule has 3 rings (SSSR count). The highest BCUT2D eigenvalue weighted by Crippen LogP contribution is 2.38. The third kappa shape index (κ3) is 4.27. The predicted molar refractivity (Wildman–Crippen MR) is 99.2 cm³/mol. The number of allylic oxidation sites excluding steroid dienone is 2. The lowest BCUT2D eigenvalue weighted by Gasteiger charge is -2.33. The van der Waals surface area contributed by atoms with Gasteiger partial charge in [-0.25, -0.2) is 8.42 Å². The first-order chi connectivity index (χ1) is 12.7. The normalized spacial score (nSPS) is 16.0. The van der Waals surface area contributed by atoms with E-state index < -0.39 is 26.0 Å². The van der Waals surface area contributed by atoms with Crippen molar-refractivity contribution in [2.24, 2.45) is 0 Å². The fourth-order valence-electron chi connectivity index (χ4n) is 2.98. The maximum absolute atomic E-state index is 13.2. The highest BCUT2D eigenvalue weighted by atomic mass is 32.2. The van der Waals surface area contributed by atoms with Crippen molar-refractivity contribution in [2.45, 2.75) is 31.3 Å². The van der Waals surface area contributed by atoms with Crippen LogP contribution in [-0.4, -0.2) is 31.2 Å². The number of rotatable bonds is 6. The Morgan fingerprint density at radius 1 is 1.15 bits per heavy atom. The number of nitrogens with zero attached hydrogens (tertiary/aromatic N) is 1. The Morgan fingerprint density at radius 2 is 1.85 bits per heavy atom. The minimum absolute atomic E-state index is 0.0408. The molecule has 4 nitrogen and oxygen atoms in total. The van der Waals surface area contributed by atoms with Gasteiger partial charge in [-0.2, -0.15) is 35.8 Å². The van der Waals surface area contributed by atoms with Crippen LogP contribution < -0.4 is 0 Å². The van der Waals surface area contributed by atoms with Crippen molar-refractivity contribution >= 4 is 38.3 Å². The number of Topliss-reactive ketones (excluding diaryl/α,β-unsaturated/α-hetero) is 1. The standard InChI is InChI=1S/C17H16F3NO3S3/c18-17(19,20)27(23,24)16-2-1-5-21(9-12-3-6-25-10-12)14(16)8-15(22)13-4-7-26-11-13/h3-4,6-7,10-11H,1-2,5,8-9H2. The molecule has 0 N–H and O–H groups in total. The summed E-state index contributed by atoms with van der Waals surface area (Å²) in [5.41, 5.74) is -4.19. The highest BCUT2D eigenvalue weighted by Gasteiger charge is 2.50. The molecule has 0 spiro atoms. The van der Waals surface area contributed by atoms with Crippen molar-refractivity contribution in [3.05, 3.63) is 55.4 Å². The van der Waals surface area contributed by atoms with Crippen LogP contribution in [0.15, 0.2) is 44.3 Å². The summed E-state index contributed by atoms with van der Waals surface area (Å²) in [6, 6.07) is 3.41. The van der Waals surface area contributed by atoms with E-state index in [0.29, 0.717) is 12.1 Å². The summed E-state index contributed by atoms with van der Waals surface area (Å²) in [5.74, 6) is -0.390.